The van der Waals surface area contributed by atoms with Crippen molar-refractivity contribution in [1.29, 1.82) is 0 Å². The van der Waals surface area contributed by atoms with E-state index in [0.29, 0.717) is 36.6 Å². The number of hydrogen-bond donors (Lipinski definition) is 1. The number of aliphatic carboxylic acids is 1. The van der Waals surface area contributed by atoms with E-state index in [1.807, 2.05) is 60.7 Å². The number of ether oxygens (including phenoxy) is 2. The molecule has 1 N–H and O–H groups in total. The Bertz CT molecular complexity index is 1350. The third kappa shape index (κ3) is 5.05. The normalized spacial score (nSPS) is 12.5. The van der Waals surface area contributed by atoms with E-state index in [4.69, 9.17) is 14.6 Å². The Morgan fingerprint density at radius 2 is 1.80 bits per heavy atom. The standard InChI is InChI=1S/C28H23NO5S/c30-27(31)17-34-23-4-1-3-19(15-23)11-13-33-26-6-2-5-24-25(26)16-29(28(24)32)22-9-7-20(8-10-22)21-12-14-35-18-21/h1-10,12,14-15,18H,11,13,16-17H2,(H,30,31). The van der Waals surface area contributed by atoms with Crippen LogP contribution in [0.3, 0.4) is 0 Å². The first-order valence-electron chi connectivity index (χ1n) is 11.2. The number of carboxylic acid groups (broad SMARTS) is 1. The lowest BCUT2D eigenvalue weighted by atomic mass is 10.1. The maximum Gasteiger partial charge on any atom is 0.341 e. The molecule has 0 fully saturated rings. The molecule has 5 rings (SSSR count). The van der Waals surface area contributed by atoms with E-state index >= 15 is 0 Å². The molecule has 0 aliphatic carbocycles. The lowest BCUT2D eigenvalue weighted by Gasteiger charge is -2.16. The van der Waals surface area contributed by atoms with Gasteiger partial charge in [0.2, 0.25) is 0 Å². The van der Waals surface area contributed by atoms with Crippen LogP contribution in [0.1, 0.15) is 21.5 Å². The van der Waals surface area contributed by atoms with Gasteiger partial charge in [0.1, 0.15) is 11.5 Å². The second kappa shape index (κ2) is 10.0. The van der Waals surface area contributed by atoms with Crippen LogP contribution < -0.4 is 14.4 Å². The number of anilines is 1. The van der Waals surface area contributed by atoms with Crippen molar-refractivity contribution >= 4 is 28.9 Å². The van der Waals surface area contributed by atoms with Crippen LogP contribution >= 0.6 is 11.3 Å². The number of carbonyl (C=O) groups is 2. The largest absolute Gasteiger partial charge is 0.493 e. The first-order chi connectivity index (χ1) is 17.1. The Morgan fingerprint density at radius 1 is 0.971 bits per heavy atom. The smallest absolute Gasteiger partial charge is 0.341 e. The van der Waals surface area contributed by atoms with Gasteiger partial charge in [-0.2, -0.15) is 11.3 Å². The SMILES string of the molecule is O=C(O)COc1cccc(CCOc2cccc3c2CN(c2ccc(-c4ccsc4)cc2)C3=O)c1. The molecule has 1 aliphatic rings. The van der Waals surface area contributed by atoms with Crippen molar-refractivity contribution in [1.82, 2.24) is 0 Å². The first-order valence-corrected chi connectivity index (χ1v) is 12.2. The Hall–Kier alpha value is -4.10. The topological polar surface area (TPSA) is 76.1 Å². The number of hydrogen-bond acceptors (Lipinski definition) is 5. The minimum Gasteiger partial charge on any atom is -0.493 e. The van der Waals surface area contributed by atoms with E-state index < -0.39 is 5.97 Å². The minimum atomic E-state index is -1.02. The number of carboxylic acids is 1. The zero-order valence-corrected chi connectivity index (χ0v) is 19.7. The van der Waals surface area contributed by atoms with Crippen molar-refractivity contribution in [3.8, 4) is 22.6 Å². The van der Waals surface area contributed by atoms with Gasteiger partial charge in [-0.1, -0.05) is 30.3 Å². The van der Waals surface area contributed by atoms with Crippen LogP contribution in [0.2, 0.25) is 0 Å². The fourth-order valence-corrected chi connectivity index (χ4v) is 4.79. The highest BCUT2D eigenvalue weighted by atomic mass is 32.1. The number of amides is 1. The summed E-state index contributed by atoms with van der Waals surface area (Å²) in [6.45, 7) is 0.500. The van der Waals surface area contributed by atoms with Gasteiger partial charge in [-0.25, -0.2) is 4.79 Å². The molecule has 3 aromatic carbocycles. The molecule has 2 heterocycles. The molecule has 7 heteroatoms. The van der Waals surface area contributed by atoms with Crippen molar-refractivity contribution in [2.75, 3.05) is 18.1 Å². The van der Waals surface area contributed by atoms with E-state index in [9.17, 15) is 9.59 Å². The Kier molecular flexibility index (Phi) is 6.50. The molecule has 0 unspecified atom stereocenters. The molecular weight excluding hydrogens is 462 g/mol. The lowest BCUT2D eigenvalue weighted by Crippen LogP contribution is -2.22. The summed E-state index contributed by atoms with van der Waals surface area (Å²) in [4.78, 5) is 25.6. The highest BCUT2D eigenvalue weighted by Crippen LogP contribution is 2.35. The molecule has 0 spiro atoms. The number of benzene rings is 3. The molecule has 6 nitrogen and oxygen atoms in total. The molecule has 4 aromatic rings. The second-order valence-corrected chi connectivity index (χ2v) is 8.94. The predicted octanol–water partition coefficient (Wildman–Crippen LogP) is 5.66. The maximum absolute atomic E-state index is 13.1. The summed E-state index contributed by atoms with van der Waals surface area (Å²) in [5, 5.41) is 12.9. The van der Waals surface area contributed by atoms with Crippen molar-refractivity contribution in [3.05, 3.63) is 100 Å². The summed E-state index contributed by atoms with van der Waals surface area (Å²) in [6.07, 6.45) is 0.621. The molecule has 1 aliphatic heterocycles. The maximum atomic E-state index is 13.1. The van der Waals surface area contributed by atoms with Crippen LogP contribution in [0, 0.1) is 0 Å². The molecule has 0 bridgehead atoms. The molecule has 35 heavy (non-hydrogen) atoms. The number of thiophene rings is 1. The number of carbonyl (C=O) groups excluding carboxylic acids is 1. The fourth-order valence-electron chi connectivity index (χ4n) is 4.13. The van der Waals surface area contributed by atoms with Gasteiger partial charge in [0.25, 0.3) is 5.91 Å². The molecular formula is C28H23NO5S. The van der Waals surface area contributed by atoms with Crippen LogP contribution in [0.15, 0.2) is 83.6 Å². The predicted molar refractivity (Wildman–Crippen MR) is 135 cm³/mol. The average molecular weight is 486 g/mol. The fraction of sp³-hybridized carbons (Fsp3) is 0.143. The number of fused-ring (bicyclic) bond motifs is 1. The third-order valence-electron chi connectivity index (χ3n) is 5.87. The zero-order chi connectivity index (χ0) is 24.2. The highest BCUT2D eigenvalue weighted by molar-refractivity contribution is 7.08. The monoisotopic (exact) mass is 485 g/mol. The van der Waals surface area contributed by atoms with Crippen LogP contribution in [0.5, 0.6) is 11.5 Å². The zero-order valence-electron chi connectivity index (χ0n) is 18.8. The van der Waals surface area contributed by atoms with Crippen LogP contribution in [-0.4, -0.2) is 30.2 Å². The first kappa shape index (κ1) is 22.7. The molecule has 1 aromatic heterocycles. The van der Waals surface area contributed by atoms with Gasteiger partial charge in [-0.15, -0.1) is 0 Å². The van der Waals surface area contributed by atoms with E-state index in [0.717, 1.165) is 22.4 Å². The van der Waals surface area contributed by atoms with Gasteiger partial charge in [0, 0.05) is 23.2 Å². The van der Waals surface area contributed by atoms with Gasteiger partial charge in [0.05, 0.1) is 13.2 Å². The number of nitrogens with zero attached hydrogens (tertiary/aromatic N) is 1. The van der Waals surface area contributed by atoms with Crippen molar-refractivity contribution in [2.45, 2.75) is 13.0 Å². The van der Waals surface area contributed by atoms with Crippen molar-refractivity contribution in [2.24, 2.45) is 0 Å². The van der Waals surface area contributed by atoms with Crippen molar-refractivity contribution in [3.63, 3.8) is 0 Å². The van der Waals surface area contributed by atoms with E-state index in [1.54, 1.807) is 22.3 Å². The van der Waals surface area contributed by atoms with Gasteiger partial charge < -0.3 is 19.5 Å². The van der Waals surface area contributed by atoms with Gasteiger partial charge in [0.15, 0.2) is 6.61 Å². The third-order valence-corrected chi connectivity index (χ3v) is 6.55. The number of rotatable bonds is 9. The minimum absolute atomic E-state index is 0.0305. The van der Waals surface area contributed by atoms with Crippen molar-refractivity contribution < 1.29 is 24.2 Å². The quantitative estimate of drug-likeness (QED) is 0.331. The average Bonchev–Trinajstić information content (AvgIpc) is 3.52. The molecule has 0 saturated heterocycles. The van der Waals surface area contributed by atoms with Gasteiger partial charge >= 0.3 is 5.97 Å². The second-order valence-electron chi connectivity index (χ2n) is 8.16. The van der Waals surface area contributed by atoms with E-state index in [2.05, 4.69) is 16.8 Å². The summed E-state index contributed by atoms with van der Waals surface area (Å²) in [5.41, 5.74) is 5.68. The highest BCUT2D eigenvalue weighted by Gasteiger charge is 2.31. The van der Waals surface area contributed by atoms with E-state index in [-0.39, 0.29) is 12.5 Å². The molecule has 176 valence electrons. The summed E-state index contributed by atoms with van der Waals surface area (Å²) in [6, 6.07) is 23.0. The molecule has 0 radical (unpaired) electrons. The van der Waals surface area contributed by atoms with Gasteiger partial charge in [-0.3, -0.25) is 4.79 Å². The Morgan fingerprint density at radius 3 is 2.57 bits per heavy atom. The molecule has 0 saturated carbocycles. The summed E-state index contributed by atoms with van der Waals surface area (Å²) >= 11 is 1.66. The van der Waals surface area contributed by atoms with Gasteiger partial charge in [-0.05, 0) is 69.9 Å². The van der Waals surface area contributed by atoms with E-state index in [1.165, 1.54) is 5.56 Å². The van der Waals surface area contributed by atoms with Crippen LogP contribution in [0.4, 0.5) is 5.69 Å². The summed E-state index contributed by atoms with van der Waals surface area (Å²) in [7, 11) is 0. The summed E-state index contributed by atoms with van der Waals surface area (Å²) in [5.74, 6) is 0.166. The van der Waals surface area contributed by atoms with Crippen LogP contribution in [0.25, 0.3) is 11.1 Å². The molecule has 0 atom stereocenters. The lowest BCUT2D eigenvalue weighted by molar-refractivity contribution is -0.139. The Balaban J connectivity index is 1.25. The van der Waals surface area contributed by atoms with Crippen LogP contribution in [-0.2, 0) is 17.8 Å². The summed E-state index contributed by atoms with van der Waals surface area (Å²) < 4.78 is 11.3. The molecule has 1 amide bonds. The Labute approximate surface area is 207 Å².